The Kier molecular flexibility index (Phi) is 6.36. The molecule has 1 amide bonds. The van der Waals surface area contributed by atoms with Gasteiger partial charge in [0, 0.05) is 58.5 Å². The first kappa shape index (κ1) is 17.2. The van der Waals surface area contributed by atoms with Crippen molar-refractivity contribution in [2.75, 3.05) is 19.6 Å². The highest BCUT2D eigenvalue weighted by Crippen LogP contribution is 1.93. The summed E-state index contributed by atoms with van der Waals surface area (Å²) in [5.41, 5.74) is -0.143. The number of hydrogen-bond acceptors (Lipinski definition) is 4. The maximum atomic E-state index is 11.9. The fourth-order valence-corrected chi connectivity index (χ4v) is 2.16. The summed E-state index contributed by atoms with van der Waals surface area (Å²) in [7, 11) is 3.06. The molecule has 7 nitrogen and oxygen atoms in total. The van der Waals surface area contributed by atoms with Gasteiger partial charge >= 0.3 is 5.69 Å². The summed E-state index contributed by atoms with van der Waals surface area (Å²) in [6, 6.07) is 0. The van der Waals surface area contributed by atoms with E-state index < -0.39 is 0 Å². The number of carbonyl (C=O) groups is 1. The third-order valence-corrected chi connectivity index (χ3v) is 3.46. The quantitative estimate of drug-likeness (QED) is 0.684. The lowest BCUT2D eigenvalue weighted by atomic mass is 10.3. The molecule has 0 aromatic carbocycles. The lowest BCUT2D eigenvalue weighted by Crippen LogP contribution is -2.39. The molecule has 0 fully saturated rings. The Hall–Kier alpha value is -1.89. The van der Waals surface area contributed by atoms with Crippen LogP contribution in [0.4, 0.5) is 0 Å². The van der Waals surface area contributed by atoms with Gasteiger partial charge in [-0.3, -0.25) is 14.2 Å². The molecular weight excluding hydrogens is 272 g/mol. The minimum atomic E-state index is -0.347. The molecule has 7 heteroatoms. The molecule has 0 saturated carbocycles. The Morgan fingerprint density at radius 1 is 1.24 bits per heavy atom. The molecule has 0 bridgehead atoms. The smallest absolute Gasteiger partial charge is 0.330 e. The van der Waals surface area contributed by atoms with Crippen molar-refractivity contribution in [2.45, 2.75) is 26.8 Å². The fraction of sp³-hybridized carbons (Fsp3) is 0.643. The van der Waals surface area contributed by atoms with Gasteiger partial charge in [0.05, 0.1) is 0 Å². The minimum absolute atomic E-state index is 0.0980. The molecule has 1 heterocycles. The number of aromatic nitrogens is 2. The summed E-state index contributed by atoms with van der Waals surface area (Å²) in [4.78, 5) is 37.0. The highest BCUT2D eigenvalue weighted by atomic mass is 16.2. The maximum absolute atomic E-state index is 11.9. The van der Waals surface area contributed by atoms with Crippen LogP contribution in [-0.4, -0.2) is 39.6 Å². The molecule has 0 atom stereocenters. The van der Waals surface area contributed by atoms with Crippen molar-refractivity contribution >= 4 is 5.91 Å². The Labute approximate surface area is 124 Å². The Morgan fingerprint density at radius 3 is 2.43 bits per heavy atom. The van der Waals surface area contributed by atoms with Crippen LogP contribution in [0.1, 0.15) is 25.8 Å². The maximum Gasteiger partial charge on any atom is 0.330 e. The molecule has 0 aliphatic heterocycles. The lowest BCUT2D eigenvalue weighted by molar-refractivity contribution is -0.130. The molecule has 1 aromatic rings. The number of amides is 1. The SMILES string of the molecule is CCN(CC)C(=O)CCNCc1cn(C)c(=O)n(C)c1=O. The van der Waals surface area contributed by atoms with E-state index in [4.69, 9.17) is 0 Å². The minimum Gasteiger partial charge on any atom is -0.343 e. The summed E-state index contributed by atoms with van der Waals surface area (Å²) in [6.07, 6.45) is 1.93. The zero-order valence-corrected chi connectivity index (χ0v) is 13.2. The normalized spacial score (nSPS) is 10.7. The highest BCUT2D eigenvalue weighted by Gasteiger charge is 2.09. The number of nitrogens with one attached hydrogen (secondary N) is 1. The van der Waals surface area contributed by atoms with Gasteiger partial charge in [-0.05, 0) is 13.8 Å². The van der Waals surface area contributed by atoms with Crippen molar-refractivity contribution < 1.29 is 4.79 Å². The standard InChI is InChI=1S/C14H24N4O3/c1-5-18(6-2)12(19)7-8-15-9-11-10-16(3)14(21)17(4)13(11)20/h10,15H,5-9H2,1-4H3. The third kappa shape index (κ3) is 4.29. The summed E-state index contributed by atoms with van der Waals surface area (Å²) < 4.78 is 2.46. The van der Waals surface area contributed by atoms with Crippen LogP contribution >= 0.6 is 0 Å². The molecule has 1 rings (SSSR count). The van der Waals surface area contributed by atoms with Gasteiger partial charge in [-0.25, -0.2) is 4.79 Å². The molecule has 0 unspecified atom stereocenters. The Bertz CT molecular complexity index is 599. The van der Waals surface area contributed by atoms with Crippen molar-refractivity contribution in [3.63, 3.8) is 0 Å². The van der Waals surface area contributed by atoms with Crippen LogP contribution in [0.15, 0.2) is 15.8 Å². The van der Waals surface area contributed by atoms with Gasteiger partial charge in [-0.1, -0.05) is 0 Å². The molecule has 0 saturated heterocycles. The van der Waals surface area contributed by atoms with E-state index in [9.17, 15) is 14.4 Å². The van der Waals surface area contributed by atoms with Crippen LogP contribution in [0.25, 0.3) is 0 Å². The summed E-state index contributed by atoms with van der Waals surface area (Å²) in [5.74, 6) is 0.0980. The second-order valence-electron chi connectivity index (χ2n) is 4.90. The van der Waals surface area contributed by atoms with Crippen LogP contribution in [0.2, 0.25) is 0 Å². The number of aryl methyl sites for hydroxylation is 1. The molecule has 118 valence electrons. The van der Waals surface area contributed by atoms with Crippen molar-refractivity contribution in [1.82, 2.24) is 19.4 Å². The first-order valence-electron chi connectivity index (χ1n) is 7.16. The van der Waals surface area contributed by atoms with Gasteiger partial charge < -0.3 is 14.8 Å². The van der Waals surface area contributed by atoms with Crippen LogP contribution < -0.4 is 16.6 Å². The fourth-order valence-electron chi connectivity index (χ4n) is 2.16. The average Bonchev–Trinajstić information content (AvgIpc) is 2.47. The molecule has 0 aliphatic carbocycles. The lowest BCUT2D eigenvalue weighted by Gasteiger charge is -2.18. The first-order valence-corrected chi connectivity index (χ1v) is 7.16. The summed E-state index contributed by atoms with van der Waals surface area (Å²) in [5, 5.41) is 3.07. The molecule has 0 radical (unpaired) electrons. The Morgan fingerprint density at radius 2 is 1.86 bits per heavy atom. The number of hydrogen-bond donors (Lipinski definition) is 1. The predicted molar refractivity (Wildman–Crippen MR) is 81.2 cm³/mol. The van der Waals surface area contributed by atoms with E-state index in [1.165, 1.54) is 17.8 Å². The highest BCUT2D eigenvalue weighted by molar-refractivity contribution is 5.76. The zero-order valence-electron chi connectivity index (χ0n) is 13.2. The van der Waals surface area contributed by atoms with Crippen molar-refractivity contribution in [3.8, 4) is 0 Å². The van der Waals surface area contributed by atoms with Crippen molar-refractivity contribution in [1.29, 1.82) is 0 Å². The molecule has 1 aromatic heterocycles. The van der Waals surface area contributed by atoms with Gasteiger partial charge in [-0.15, -0.1) is 0 Å². The Balaban J connectivity index is 2.56. The second kappa shape index (κ2) is 7.78. The molecule has 0 aliphatic rings. The van der Waals surface area contributed by atoms with E-state index >= 15 is 0 Å². The van der Waals surface area contributed by atoms with Crippen LogP contribution in [0, 0.1) is 0 Å². The average molecular weight is 296 g/mol. The molecule has 1 N–H and O–H groups in total. The van der Waals surface area contributed by atoms with E-state index in [-0.39, 0.29) is 17.2 Å². The number of rotatable bonds is 7. The monoisotopic (exact) mass is 296 g/mol. The topological polar surface area (TPSA) is 76.3 Å². The van der Waals surface area contributed by atoms with Crippen LogP contribution in [0.5, 0.6) is 0 Å². The molecular formula is C14H24N4O3. The third-order valence-electron chi connectivity index (χ3n) is 3.46. The first-order chi connectivity index (χ1) is 9.92. The molecule has 21 heavy (non-hydrogen) atoms. The van der Waals surface area contributed by atoms with Gasteiger partial charge in [0.2, 0.25) is 5.91 Å². The van der Waals surface area contributed by atoms with Gasteiger partial charge in [0.25, 0.3) is 5.56 Å². The summed E-state index contributed by atoms with van der Waals surface area (Å²) in [6.45, 7) is 6.15. The van der Waals surface area contributed by atoms with Crippen LogP contribution in [-0.2, 0) is 25.4 Å². The van der Waals surface area contributed by atoms with Crippen molar-refractivity contribution in [2.24, 2.45) is 14.1 Å². The number of carbonyl (C=O) groups excluding carboxylic acids is 1. The summed E-state index contributed by atoms with van der Waals surface area (Å²) >= 11 is 0. The number of nitrogens with zero attached hydrogens (tertiary/aromatic N) is 3. The predicted octanol–water partition coefficient (Wildman–Crippen LogP) is -0.568. The second-order valence-corrected chi connectivity index (χ2v) is 4.90. The largest absolute Gasteiger partial charge is 0.343 e. The van der Waals surface area contributed by atoms with Gasteiger partial charge in [0.1, 0.15) is 0 Å². The van der Waals surface area contributed by atoms with E-state index in [0.717, 1.165) is 4.57 Å². The van der Waals surface area contributed by atoms with Crippen molar-refractivity contribution in [3.05, 3.63) is 32.6 Å². The molecule has 0 spiro atoms. The van der Waals surface area contributed by atoms with Gasteiger partial charge in [0.15, 0.2) is 0 Å². The zero-order chi connectivity index (χ0) is 16.0. The van der Waals surface area contributed by atoms with Crippen LogP contribution in [0.3, 0.4) is 0 Å². The van der Waals surface area contributed by atoms with Gasteiger partial charge in [-0.2, -0.15) is 0 Å². The van der Waals surface area contributed by atoms with E-state index in [1.807, 2.05) is 13.8 Å². The van der Waals surface area contributed by atoms with E-state index in [2.05, 4.69) is 5.32 Å². The van der Waals surface area contributed by atoms with E-state index in [1.54, 1.807) is 11.9 Å². The van der Waals surface area contributed by atoms with E-state index in [0.29, 0.717) is 38.2 Å².